The van der Waals surface area contributed by atoms with Crippen LogP contribution >= 0.6 is 0 Å². The molecule has 59 valence electrons. The predicted molar refractivity (Wildman–Crippen MR) is 38.7 cm³/mol. The third-order valence-electron chi connectivity index (χ3n) is 1.17. The summed E-state index contributed by atoms with van der Waals surface area (Å²) >= 11 is 0. The fourth-order valence-electron chi connectivity index (χ4n) is 0.630. The van der Waals surface area contributed by atoms with Crippen LogP contribution in [-0.2, 0) is 4.84 Å². The lowest BCUT2D eigenvalue weighted by molar-refractivity contribution is 0.0522. The van der Waals surface area contributed by atoms with E-state index in [9.17, 15) is 4.91 Å². The van der Waals surface area contributed by atoms with Gasteiger partial charge in [0.25, 0.3) is 0 Å². The topological polar surface area (TPSA) is 64.7 Å². The molecule has 0 heterocycles. The Morgan fingerprint density at radius 3 is 2.80 bits per heavy atom. The molecule has 0 aliphatic carbocycles. The highest BCUT2D eigenvalue weighted by Gasteiger charge is 2.00. The molecule has 4 heteroatoms. The fourth-order valence-corrected chi connectivity index (χ4v) is 0.630. The van der Waals surface area contributed by atoms with E-state index in [1.165, 1.54) is 0 Å². The van der Waals surface area contributed by atoms with E-state index < -0.39 is 6.23 Å². The van der Waals surface area contributed by atoms with E-state index in [2.05, 4.69) is 17.1 Å². The lowest BCUT2D eigenvalue weighted by Crippen LogP contribution is -2.20. The largest absolute Gasteiger partial charge is 0.345 e. The van der Waals surface area contributed by atoms with Crippen molar-refractivity contribution in [3.63, 3.8) is 0 Å². The van der Waals surface area contributed by atoms with Gasteiger partial charge in [0.05, 0.1) is 0 Å². The van der Waals surface area contributed by atoms with Gasteiger partial charge in [-0.1, -0.05) is 19.8 Å². The molecule has 0 spiro atoms. The summed E-state index contributed by atoms with van der Waals surface area (Å²) in [7, 11) is 0. The summed E-state index contributed by atoms with van der Waals surface area (Å²) in [4.78, 5) is 13.7. The van der Waals surface area contributed by atoms with Crippen LogP contribution in [0.4, 0.5) is 0 Å². The van der Waals surface area contributed by atoms with E-state index in [0.29, 0.717) is 6.42 Å². The molecule has 0 aromatic carbocycles. The Morgan fingerprint density at radius 1 is 1.60 bits per heavy atom. The van der Waals surface area contributed by atoms with Crippen molar-refractivity contribution in [2.24, 2.45) is 11.1 Å². The van der Waals surface area contributed by atoms with Gasteiger partial charge in [-0.2, -0.15) is 0 Å². The molecule has 10 heavy (non-hydrogen) atoms. The number of hydrogen-bond acceptors (Lipinski definition) is 4. The molecule has 0 saturated heterocycles. The van der Waals surface area contributed by atoms with Gasteiger partial charge in [-0.25, -0.2) is 0 Å². The standard InChI is InChI=1S/C6H13N2O2/c1-2-3-4-5-6(7)10-8-9/h6H,1-5,7H2. The molecule has 4 nitrogen and oxygen atoms in total. The van der Waals surface area contributed by atoms with Crippen molar-refractivity contribution >= 4 is 0 Å². The van der Waals surface area contributed by atoms with E-state index in [1.54, 1.807) is 0 Å². The Bertz CT molecular complexity index is 87.8. The first kappa shape index (κ1) is 9.36. The van der Waals surface area contributed by atoms with Crippen molar-refractivity contribution in [3.05, 3.63) is 11.8 Å². The Labute approximate surface area is 60.7 Å². The highest BCUT2D eigenvalue weighted by Crippen LogP contribution is 2.01. The number of nitrogens with zero attached hydrogens (tertiary/aromatic N) is 1. The molecule has 1 atom stereocenters. The predicted octanol–water partition coefficient (Wildman–Crippen LogP) is 1.36. The van der Waals surface area contributed by atoms with Gasteiger partial charge in [0.2, 0.25) is 0 Å². The monoisotopic (exact) mass is 145 g/mol. The van der Waals surface area contributed by atoms with Gasteiger partial charge in [0.1, 0.15) is 0 Å². The molecule has 0 aliphatic heterocycles. The molecule has 0 aromatic rings. The summed E-state index contributed by atoms with van der Waals surface area (Å²) in [6, 6.07) is 0. The second kappa shape index (κ2) is 6.48. The van der Waals surface area contributed by atoms with Gasteiger partial charge in [0.15, 0.2) is 11.6 Å². The first-order chi connectivity index (χ1) is 4.81. The number of nitrogens with two attached hydrogens (primary N) is 1. The van der Waals surface area contributed by atoms with Crippen molar-refractivity contribution in [1.82, 2.24) is 0 Å². The molecule has 0 saturated carbocycles. The maximum Gasteiger partial charge on any atom is 0.179 e. The summed E-state index contributed by atoms with van der Waals surface area (Å²) in [5, 5.41) is 2.22. The van der Waals surface area contributed by atoms with E-state index >= 15 is 0 Å². The van der Waals surface area contributed by atoms with Gasteiger partial charge in [0, 0.05) is 6.42 Å². The van der Waals surface area contributed by atoms with Gasteiger partial charge in [-0.05, 0) is 6.42 Å². The summed E-state index contributed by atoms with van der Waals surface area (Å²) < 4.78 is 0. The average Bonchev–Trinajstić information content (AvgIpc) is 1.89. The minimum Gasteiger partial charge on any atom is -0.345 e. The van der Waals surface area contributed by atoms with Gasteiger partial charge >= 0.3 is 0 Å². The van der Waals surface area contributed by atoms with Crippen LogP contribution in [0.25, 0.3) is 0 Å². The second-order valence-electron chi connectivity index (χ2n) is 2.07. The van der Waals surface area contributed by atoms with Gasteiger partial charge < -0.3 is 4.84 Å². The summed E-state index contributed by atoms with van der Waals surface area (Å²) in [5.74, 6) is 0. The minimum atomic E-state index is -0.538. The molecule has 0 fully saturated rings. The highest BCUT2D eigenvalue weighted by atomic mass is 16.7. The van der Waals surface area contributed by atoms with Crippen LogP contribution < -0.4 is 5.73 Å². The molecule has 1 radical (unpaired) electrons. The smallest absolute Gasteiger partial charge is 0.179 e. The first-order valence-corrected chi connectivity index (χ1v) is 3.34. The van der Waals surface area contributed by atoms with Gasteiger partial charge in [-0.3, -0.25) is 5.73 Å². The zero-order chi connectivity index (χ0) is 7.82. The Balaban J connectivity index is 3.04. The normalized spacial score (nSPS) is 12.6. The fraction of sp³-hybridized carbons (Fsp3) is 0.833. The first-order valence-electron chi connectivity index (χ1n) is 3.34. The third-order valence-corrected chi connectivity index (χ3v) is 1.17. The molecule has 0 aromatic heterocycles. The third kappa shape index (κ3) is 5.50. The van der Waals surface area contributed by atoms with E-state index in [-0.39, 0.29) is 0 Å². The molecule has 0 rings (SSSR count). The lowest BCUT2D eigenvalue weighted by atomic mass is 10.2. The van der Waals surface area contributed by atoms with Crippen LogP contribution in [0.5, 0.6) is 0 Å². The van der Waals surface area contributed by atoms with Crippen molar-refractivity contribution in [2.75, 3.05) is 0 Å². The Morgan fingerprint density at radius 2 is 2.30 bits per heavy atom. The zero-order valence-electron chi connectivity index (χ0n) is 5.95. The SMILES string of the molecule is [CH2]CCCCC(N)ON=O. The molecule has 0 aliphatic rings. The lowest BCUT2D eigenvalue weighted by Gasteiger charge is -2.04. The van der Waals surface area contributed by atoms with Crippen LogP contribution in [0.2, 0.25) is 0 Å². The number of hydrogen-bond donors (Lipinski definition) is 1. The molecular weight excluding hydrogens is 132 g/mol. The average molecular weight is 145 g/mol. The highest BCUT2D eigenvalue weighted by molar-refractivity contribution is 4.49. The molecule has 0 amide bonds. The van der Waals surface area contributed by atoms with Crippen LogP contribution in [0.15, 0.2) is 5.34 Å². The second-order valence-corrected chi connectivity index (χ2v) is 2.07. The zero-order valence-corrected chi connectivity index (χ0v) is 5.95. The van der Waals surface area contributed by atoms with Crippen molar-refractivity contribution in [2.45, 2.75) is 31.9 Å². The molecule has 1 unspecified atom stereocenters. The summed E-state index contributed by atoms with van der Waals surface area (Å²) in [5.41, 5.74) is 5.29. The molecular formula is C6H13N2O2. The van der Waals surface area contributed by atoms with E-state index in [4.69, 9.17) is 5.73 Å². The molecule has 2 N–H and O–H groups in total. The van der Waals surface area contributed by atoms with E-state index in [0.717, 1.165) is 19.3 Å². The van der Waals surface area contributed by atoms with Crippen molar-refractivity contribution in [3.8, 4) is 0 Å². The summed E-state index contributed by atoms with van der Waals surface area (Å²) in [6.07, 6.45) is 2.96. The maximum absolute atomic E-state index is 9.48. The van der Waals surface area contributed by atoms with Crippen LogP contribution in [-0.4, -0.2) is 6.23 Å². The Hall–Kier alpha value is -0.640. The van der Waals surface area contributed by atoms with E-state index in [1.807, 2.05) is 0 Å². The van der Waals surface area contributed by atoms with Crippen LogP contribution in [0, 0.1) is 11.8 Å². The number of unbranched alkanes of at least 4 members (excludes halogenated alkanes) is 2. The van der Waals surface area contributed by atoms with Crippen molar-refractivity contribution in [1.29, 1.82) is 0 Å². The minimum absolute atomic E-state index is 0.538. The maximum atomic E-state index is 9.48. The molecule has 0 bridgehead atoms. The van der Waals surface area contributed by atoms with Crippen LogP contribution in [0.3, 0.4) is 0 Å². The Kier molecular flexibility index (Phi) is 6.06. The van der Waals surface area contributed by atoms with Gasteiger partial charge in [-0.15, -0.1) is 4.91 Å². The quantitative estimate of drug-likeness (QED) is 0.265. The van der Waals surface area contributed by atoms with Crippen LogP contribution in [0.1, 0.15) is 25.7 Å². The summed E-state index contributed by atoms with van der Waals surface area (Å²) in [6.45, 7) is 3.66. The number of rotatable bonds is 6. The van der Waals surface area contributed by atoms with Crippen molar-refractivity contribution < 1.29 is 4.84 Å².